The number of carbonyl (C=O) groups excluding carboxylic acids is 2. The summed E-state index contributed by atoms with van der Waals surface area (Å²) in [5, 5.41) is 0. The Balaban J connectivity index is 2.87. The van der Waals surface area contributed by atoms with Gasteiger partial charge in [0.2, 0.25) is 0 Å². The minimum atomic E-state index is -0.0484. The van der Waals surface area contributed by atoms with Gasteiger partial charge in [-0.25, -0.2) is 0 Å². The van der Waals surface area contributed by atoms with Gasteiger partial charge in [-0.15, -0.1) is 0 Å². The molecule has 0 atom stereocenters. The van der Waals surface area contributed by atoms with E-state index in [1.807, 2.05) is 26.8 Å². The Bertz CT molecular complexity index is 548. The lowest BCUT2D eigenvalue weighted by Gasteiger charge is -2.19. The van der Waals surface area contributed by atoms with Crippen molar-refractivity contribution in [1.29, 1.82) is 0 Å². The second-order valence-electron chi connectivity index (χ2n) is 4.41. The molecule has 0 spiro atoms. The molecule has 0 saturated heterocycles. The summed E-state index contributed by atoms with van der Waals surface area (Å²) in [6, 6.07) is 1.97. The number of hydrogen-bond donors (Lipinski definition) is 0. The lowest BCUT2D eigenvalue weighted by Crippen LogP contribution is -2.19. The van der Waals surface area contributed by atoms with E-state index in [0.717, 1.165) is 16.7 Å². The van der Waals surface area contributed by atoms with E-state index < -0.39 is 0 Å². The number of carbonyl (C=O) groups is 2. The Hall–Kier alpha value is -1.70. The van der Waals surface area contributed by atoms with Gasteiger partial charge in [0.15, 0.2) is 11.6 Å². The van der Waals surface area contributed by atoms with Gasteiger partial charge in [-0.05, 0) is 50.5 Å². The maximum atomic E-state index is 12.1. The van der Waals surface area contributed by atoms with Crippen LogP contribution in [0.5, 0.6) is 0 Å². The van der Waals surface area contributed by atoms with Crippen LogP contribution < -0.4 is 0 Å². The average Bonchev–Trinajstić information content (AvgIpc) is 2.20. The summed E-state index contributed by atoms with van der Waals surface area (Å²) in [6.45, 7) is 7.44. The second kappa shape index (κ2) is 3.41. The zero-order chi connectivity index (χ0) is 12.0. The van der Waals surface area contributed by atoms with Gasteiger partial charge in [-0.2, -0.15) is 0 Å². The van der Waals surface area contributed by atoms with Crippen molar-refractivity contribution in [2.24, 2.45) is 0 Å². The van der Waals surface area contributed by atoms with Crippen LogP contribution in [0.15, 0.2) is 17.7 Å². The molecule has 1 aliphatic carbocycles. The molecule has 82 valence electrons. The lowest BCUT2D eigenvalue weighted by atomic mass is 9.83. The van der Waals surface area contributed by atoms with Crippen LogP contribution in [0.25, 0.3) is 0 Å². The first kappa shape index (κ1) is 10.8. The number of Topliss-reactive ketones (excluding diaryl/α,β-unsaturated/α-hetero) is 1. The molecular formula is C14H14O2. The molecule has 16 heavy (non-hydrogen) atoms. The summed E-state index contributed by atoms with van der Waals surface area (Å²) in [7, 11) is 0. The average molecular weight is 214 g/mol. The van der Waals surface area contributed by atoms with Gasteiger partial charge in [0, 0.05) is 16.7 Å². The fourth-order valence-electron chi connectivity index (χ4n) is 2.22. The molecule has 0 unspecified atom stereocenters. The molecule has 0 aliphatic heterocycles. The first-order valence-corrected chi connectivity index (χ1v) is 5.31. The Morgan fingerprint density at radius 3 is 2.12 bits per heavy atom. The predicted molar refractivity (Wildman–Crippen MR) is 63.1 cm³/mol. The first-order valence-electron chi connectivity index (χ1n) is 5.31. The van der Waals surface area contributed by atoms with E-state index in [1.165, 1.54) is 6.08 Å². The Labute approximate surface area is 95.0 Å². The molecule has 1 aliphatic rings. The highest BCUT2D eigenvalue weighted by molar-refractivity contribution is 6.25. The van der Waals surface area contributed by atoms with Gasteiger partial charge < -0.3 is 0 Å². The number of fused-ring (bicyclic) bond motifs is 1. The SMILES string of the molecule is CC1=CC(=O)c2c(C)cc(C)c(C)c2C1=O. The quantitative estimate of drug-likeness (QED) is 0.665. The third-order valence-electron chi connectivity index (χ3n) is 3.22. The molecule has 0 aromatic heterocycles. The smallest absolute Gasteiger partial charge is 0.189 e. The molecule has 0 amide bonds. The van der Waals surface area contributed by atoms with Crippen molar-refractivity contribution >= 4 is 11.6 Å². The summed E-state index contributed by atoms with van der Waals surface area (Å²) in [5.41, 5.74) is 4.59. The largest absolute Gasteiger partial charge is 0.289 e. The van der Waals surface area contributed by atoms with E-state index in [0.29, 0.717) is 16.7 Å². The molecule has 0 heterocycles. The molecule has 2 nitrogen and oxygen atoms in total. The topological polar surface area (TPSA) is 34.1 Å². The summed E-state index contributed by atoms with van der Waals surface area (Å²) < 4.78 is 0. The van der Waals surface area contributed by atoms with Crippen LogP contribution in [0.3, 0.4) is 0 Å². The Kier molecular flexibility index (Phi) is 2.30. The first-order chi connectivity index (χ1) is 7.43. The Morgan fingerprint density at radius 1 is 0.875 bits per heavy atom. The van der Waals surface area contributed by atoms with Gasteiger partial charge >= 0.3 is 0 Å². The number of hydrogen-bond acceptors (Lipinski definition) is 2. The van der Waals surface area contributed by atoms with Crippen LogP contribution in [-0.4, -0.2) is 11.6 Å². The van der Waals surface area contributed by atoms with Gasteiger partial charge in [0.25, 0.3) is 0 Å². The summed E-state index contributed by atoms with van der Waals surface area (Å²) >= 11 is 0. The minimum Gasteiger partial charge on any atom is -0.289 e. The highest BCUT2D eigenvalue weighted by atomic mass is 16.1. The number of allylic oxidation sites excluding steroid dienone is 2. The number of rotatable bonds is 0. The van der Waals surface area contributed by atoms with Crippen LogP contribution in [0, 0.1) is 20.8 Å². The lowest BCUT2D eigenvalue weighted by molar-refractivity contribution is 0.0983. The highest BCUT2D eigenvalue weighted by Gasteiger charge is 2.27. The van der Waals surface area contributed by atoms with E-state index in [2.05, 4.69) is 0 Å². The molecule has 0 bridgehead atoms. The number of benzene rings is 1. The van der Waals surface area contributed by atoms with Gasteiger partial charge in [-0.3, -0.25) is 9.59 Å². The van der Waals surface area contributed by atoms with Crippen molar-refractivity contribution in [3.05, 3.63) is 45.5 Å². The summed E-state index contributed by atoms with van der Waals surface area (Å²) in [4.78, 5) is 24.0. The van der Waals surface area contributed by atoms with Gasteiger partial charge in [-0.1, -0.05) is 6.07 Å². The zero-order valence-corrected chi connectivity index (χ0v) is 9.97. The molecule has 2 heteroatoms. The van der Waals surface area contributed by atoms with Crippen LogP contribution in [0.2, 0.25) is 0 Å². The monoisotopic (exact) mass is 214 g/mol. The summed E-state index contributed by atoms with van der Waals surface area (Å²) in [6.07, 6.45) is 1.44. The van der Waals surface area contributed by atoms with Crippen LogP contribution >= 0.6 is 0 Å². The molecule has 1 aromatic rings. The van der Waals surface area contributed by atoms with Crippen LogP contribution in [0.1, 0.15) is 44.3 Å². The maximum absolute atomic E-state index is 12.1. The van der Waals surface area contributed by atoms with Crippen molar-refractivity contribution in [1.82, 2.24) is 0 Å². The second-order valence-corrected chi connectivity index (χ2v) is 4.41. The van der Waals surface area contributed by atoms with Crippen LogP contribution in [-0.2, 0) is 0 Å². The standard InChI is InChI=1S/C14H14O2/c1-7-5-8(2)12-11(15)6-9(3)14(16)13(12)10(7)4/h5-6H,1-4H3. The van der Waals surface area contributed by atoms with Crippen molar-refractivity contribution in [2.75, 3.05) is 0 Å². The zero-order valence-electron chi connectivity index (χ0n) is 9.97. The fraction of sp³-hybridized carbons (Fsp3) is 0.286. The fourth-order valence-corrected chi connectivity index (χ4v) is 2.22. The molecule has 0 saturated carbocycles. The van der Waals surface area contributed by atoms with E-state index in [-0.39, 0.29) is 11.6 Å². The minimum absolute atomic E-state index is 0.0149. The Morgan fingerprint density at radius 2 is 1.50 bits per heavy atom. The normalized spacial score (nSPS) is 14.9. The van der Waals surface area contributed by atoms with Gasteiger partial charge in [0.05, 0.1) is 0 Å². The molecule has 0 fully saturated rings. The van der Waals surface area contributed by atoms with Crippen LogP contribution in [0.4, 0.5) is 0 Å². The molecule has 2 rings (SSSR count). The highest BCUT2D eigenvalue weighted by Crippen LogP contribution is 2.28. The van der Waals surface area contributed by atoms with E-state index in [9.17, 15) is 9.59 Å². The van der Waals surface area contributed by atoms with Crippen molar-refractivity contribution in [3.63, 3.8) is 0 Å². The van der Waals surface area contributed by atoms with Crippen molar-refractivity contribution in [2.45, 2.75) is 27.7 Å². The molecule has 0 radical (unpaired) electrons. The number of ketones is 2. The summed E-state index contributed by atoms with van der Waals surface area (Å²) in [5.74, 6) is -0.0633. The number of aryl methyl sites for hydroxylation is 2. The maximum Gasteiger partial charge on any atom is 0.189 e. The third kappa shape index (κ3) is 1.33. The third-order valence-corrected chi connectivity index (χ3v) is 3.22. The predicted octanol–water partition coefficient (Wildman–Crippen LogP) is 2.94. The van der Waals surface area contributed by atoms with Gasteiger partial charge in [0.1, 0.15) is 0 Å². The van der Waals surface area contributed by atoms with E-state index in [4.69, 9.17) is 0 Å². The van der Waals surface area contributed by atoms with Crippen molar-refractivity contribution < 1.29 is 9.59 Å². The molecule has 1 aromatic carbocycles. The van der Waals surface area contributed by atoms with Crippen molar-refractivity contribution in [3.8, 4) is 0 Å². The van der Waals surface area contributed by atoms with E-state index in [1.54, 1.807) is 6.92 Å². The van der Waals surface area contributed by atoms with E-state index >= 15 is 0 Å². The molecule has 0 N–H and O–H groups in total. The molecular weight excluding hydrogens is 200 g/mol.